The highest BCUT2D eigenvalue weighted by atomic mass is 35.5. The van der Waals surface area contributed by atoms with E-state index >= 15 is 0 Å². The van der Waals surface area contributed by atoms with Gasteiger partial charge in [0, 0.05) is 5.69 Å². The lowest BCUT2D eigenvalue weighted by atomic mass is 10.1. The van der Waals surface area contributed by atoms with Gasteiger partial charge in [0.2, 0.25) is 0 Å². The Kier molecular flexibility index (Phi) is 7.49. The lowest BCUT2D eigenvalue weighted by Crippen LogP contribution is -2.44. The van der Waals surface area contributed by atoms with E-state index < -0.39 is 36.3 Å². The largest absolute Gasteiger partial charge is 0.454 e. The fraction of sp³-hybridized carbons (Fsp3) is 0.158. The number of nitrogens with zero attached hydrogens (tertiary/aromatic N) is 1. The number of hydrogen-bond acceptors (Lipinski definition) is 5. The Labute approximate surface area is 211 Å². The summed E-state index contributed by atoms with van der Waals surface area (Å²) < 4.78 is 4.93. The Hall–Kier alpha value is -1.74. The molecule has 1 atom stereocenters. The van der Waals surface area contributed by atoms with Gasteiger partial charge in [0.15, 0.2) is 6.61 Å². The highest BCUT2D eigenvalue weighted by Crippen LogP contribution is 2.45. The van der Waals surface area contributed by atoms with Crippen molar-refractivity contribution in [2.24, 2.45) is 0 Å². The quantitative estimate of drug-likeness (QED) is 0.217. The van der Waals surface area contributed by atoms with Crippen molar-refractivity contribution in [2.45, 2.75) is 13.0 Å². The van der Waals surface area contributed by atoms with Crippen LogP contribution in [0.5, 0.6) is 0 Å². The Morgan fingerprint density at radius 2 is 1.44 bits per heavy atom. The molecule has 0 aromatic heterocycles. The molecular formula is C19H10Cl6N2O5. The molecule has 1 aliphatic heterocycles. The molecule has 13 heteroatoms. The van der Waals surface area contributed by atoms with Crippen molar-refractivity contribution in [1.29, 1.82) is 0 Å². The van der Waals surface area contributed by atoms with E-state index in [-0.39, 0.29) is 36.2 Å². The number of ether oxygens (including phenoxy) is 1. The molecule has 3 amide bonds. The first-order chi connectivity index (χ1) is 15.0. The van der Waals surface area contributed by atoms with Crippen molar-refractivity contribution in [1.82, 2.24) is 4.90 Å². The minimum Gasteiger partial charge on any atom is -0.454 e. The maximum Gasteiger partial charge on any atom is 0.329 e. The van der Waals surface area contributed by atoms with Crippen LogP contribution in [0.25, 0.3) is 0 Å². The van der Waals surface area contributed by atoms with Gasteiger partial charge < -0.3 is 10.1 Å². The molecule has 0 saturated carbocycles. The van der Waals surface area contributed by atoms with Crippen molar-refractivity contribution >= 4 is 99.0 Å². The number of carbonyl (C=O) groups is 4. The molecule has 0 saturated heterocycles. The Bertz CT molecular complexity index is 1140. The van der Waals surface area contributed by atoms with Gasteiger partial charge in [-0.15, -0.1) is 0 Å². The van der Waals surface area contributed by atoms with E-state index in [1.807, 2.05) is 0 Å². The Balaban J connectivity index is 1.70. The maximum absolute atomic E-state index is 12.8. The monoisotopic (exact) mass is 556 g/mol. The topological polar surface area (TPSA) is 92.8 Å². The molecular weight excluding hydrogens is 549 g/mol. The van der Waals surface area contributed by atoms with Gasteiger partial charge in [0.25, 0.3) is 17.7 Å². The van der Waals surface area contributed by atoms with Gasteiger partial charge >= 0.3 is 5.97 Å². The predicted molar refractivity (Wildman–Crippen MR) is 122 cm³/mol. The van der Waals surface area contributed by atoms with Crippen LogP contribution in [0.4, 0.5) is 5.69 Å². The van der Waals surface area contributed by atoms with Crippen molar-refractivity contribution in [3.8, 4) is 0 Å². The van der Waals surface area contributed by atoms with E-state index in [2.05, 4.69) is 5.32 Å². The molecule has 3 rings (SSSR count). The highest BCUT2D eigenvalue weighted by molar-refractivity contribution is 6.55. The number of halogens is 6. The van der Waals surface area contributed by atoms with Crippen LogP contribution in [0.2, 0.25) is 30.1 Å². The Morgan fingerprint density at radius 3 is 1.94 bits per heavy atom. The van der Waals surface area contributed by atoms with E-state index in [0.29, 0.717) is 15.6 Å². The van der Waals surface area contributed by atoms with Crippen LogP contribution in [-0.4, -0.2) is 41.2 Å². The molecule has 0 spiro atoms. The summed E-state index contributed by atoms with van der Waals surface area (Å²) in [4.78, 5) is 50.6. The predicted octanol–water partition coefficient (Wildman–Crippen LogP) is 5.77. The zero-order valence-corrected chi connectivity index (χ0v) is 20.3. The molecule has 168 valence electrons. The molecule has 1 heterocycles. The zero-order valence-electron chi connectivity index (χ0n) is 15.8. The van der Waals surface area contributed by atoms with Crippen molar-refractivity contribution in [3.05, 3.63) is 59.5 Å². The number of nitrogens with one attached hydrogen (secondary N) is 1. The van der Waals surface area contributed by atoms with Crippen LogP contribution in [0, 0.1) is 0 Å². The van der Waals surface area contributed by atoms with Gasteiger partial charge in [-0.25, -0.2) is 4.79 Å². The summed E-state index contributed by atoms with van der Waals surface area (Å²) in [5.41, 5.74) is -0.215. The molecule has 2 aromatic carbocycles. The molecule has 1 N–H and O–H groups in total. The summed E-state index contributed by atoms with van der Waals surface area (Å²) in [7, 11) is 0. The van der Waals surface area contributed by atoms with Gasteiger partial charge in [-0.3, -0.25) is 19.3 Å². The summed E-state index contributed by atoms with van der Waals surface area (Å²) >= 11 is 35.7. The van der Waals surface area contributed by atoms with Crippen molar-refractivity contribution in [2.75, 3.05) is 11.9 Å². The molecule has 2 aromatic rings. The lowest BCUT2D eigenvalue weighted by molar-refractivity contribution is -0.150. The summed E-state index contributed by atoms with van der Waals surface area (Å²) in [5, 5.41) is 2.05. The third kappa shape index (κ3) is 4.51. The molecule has 7 nitrogen and oxygen atoms in total. The Morgan fingerprint density at radius 1 is 0.906 bits per heavy atom. The number of carbonyl (C=O) groups excluding carboxylic acids is 4. The molecule has 32 heavy (non-hydrogen) atoms. The number of esters is 1. The van der Waals surface area contributed by atoms with Gasteiger partial charge in [-0.05, 0) is 25.1 Å². The first-order valence-corrected chi connectivity index (χ1v) is 10.9. The minimum atomic E-state index is -1.40. The number of imide groups is 1. The van der Waals surface area contributed by atoms with Crippen LogP contribution in [0.1, 0.15) is 27.6 Å². The second-order valence-corrected chi connectivity index (χ2v) is 8.77. The summed E-state index contributed by atoms with van der Waals surface area (Å²) in [6.45, 7) is 0.553. The van der Waals surface area contributed by atoms with Gasteiger partial charge in [-0.2, -0.15) is 0 Å². The van der Waals surface area contributed by atoms with Crippen LogP contribution < -0.4 is 5.32 Å². The number of anilines is 1. The van der Waals surface area contributed by atoms with Gasteiger partial charge in [0.1, 0.15) is 6.04 Å². The lowest BCUT2D eigenvalue weighted by Gasteiger charge is -2.20. The highest BCUT2D eigenvalue weighted by Gasteiger charge is 2.45. The number of hydrogen-bond donors (Lipinski definition) is 1. The van der Waals surface area contributed by atoms with Gasteiger partial charge in [-0.1, -0.05) is 69.6 Å². The molecule has 0 bridgehead atoms. The van der Waals surface area contributed by atoms with E-state index in [9.17, 15) is 19.2 Å². The molecule has 1 aliphatic rings. The van der Waals surface area contributed by atoms with Crippen molar-refractivity contribution in [3.63, 3.8) is 0 Å². The van der Waals surface area contributed by atoms with Crippen molar-refractivity contribution < 1.29 is 23.9 Å². The second kappa shape index (κ2) is 9.63. The van der Waals surface area contributed by atoms with E-state index in [4.69, 9.17) is 74.3 Å². The fourth-order valence-electron chi connectivity index (χ4n) is 2.85. The third-order valence-electron chi connectivity index (χ3n) is 4.41. The number of rotatable bonds is 5. The number of benzene rings is 2. The average molecular weight is 559 g/mol. The normalized spacial score (nSPS) is 13.8. The summed E-state index contributed by atoms with van der Waals surface area (Å²) in [6.07, 6.45) is 0. The zero-order chi connectivity index (χ0) is 23.9. The van der Waals surface area contributed by atoms with Crippen LogP contribution in [0.15, 0.2) is 18.2 Å². The fourth-order valence-corrected chi connectivity index (χ4v) is 4.16. The standard InChI is InChI=1S/C19H10Cl6N2O5/c1-6(19(31)32-5-10(28)26-7-2-3-8(20)9(21)4-7)27-17(29)11-12(18(27)30)14(23)16(25)15(24)13(11)22/h2-4,6H,5H2,1H3,(H,26,28). The summed E-state index contributed by atoms with van der Waals surface area (Å²) in [6, 6.07) is 2.99. The van der Waals surface area contributed by atoms with Crippen LogP contribution in [0.3, 0.4) is 0 Å². The van der Waals surface area contributed by atoms with E-state index in [1.54, 1.807) is 0 Å². The maximum atomic E-state index is 12.8. The van der Waals surface area contributed by atoms with Crippen LogP contribution >= 0.6 is 69.6 Å². The van der Waals surface area contributed by atoms with E-state index in [1.165, 1.54) is 25.1 Å². The molecule has 1 unspecified atom stereocenters. The first kappa shape index (κ1) is 24.9. The van der Waals surface area contributed by atoms with Gasteiger partial charge in [0.05, 0.1) is 41.3 Å². The van der Waals surface area contributed by atoms with E-state index in [0.717, 1.165) is 0 Å². The third-order valence-corrected chi connectivity index (χ3v) is 6.95. The number of fused-ring (bicyclic) bond motifs is 1. The number of amides is 3. The molecule has 0 aliphatic carbocycles. The SMILES string of the molecule is CC(C(=O)OCC(=O)Nc1ccc(Cl)c(Cl)c1)N1C(=O)c2c(Cl)c(Cl)c(Cl)c(Cl)c2C1=O. The second-order valence-electron chi connectivity index (χ2n) is 6.45. The first-order valence-electron chi connectivity index (χ1n) is 8.61. The smallest absolute Gasteiger partial charge is 0.329 e. The molecule has 0 fully saturated rings. The molecule has 0 radical (unpaired) electrons. The minimum absolute atomic E-state index is 0.200. The van der Waals surface area contributed by atoms with Crippen LogP contribution in [-0.2, 0) is 14.3 Å². The summed E-state index contributed by atoms with van der Waals surface area (Å²) in [5.74, 6) is -3.51. The average Bonchev–Trinajstić information content (AvgIpc) is 3.01.